The monoisotopic (exact) mass is 233 g/mol. The van der Waals surface area contributed by atoms with Crippen molar-refractivity contribution in [2.45, 2.75) is 19.8 Å². The van der Waals surface area contributed by atoms with Gasteiger partial charge >= 0.3 is 0 Å². The van der Waals surface area contributed by atoms with Crippen LogP contribution in [-0.4, -0.2) is 29.6 Å². The Morgan fingerprint density at radius 3 is 2.50 bits per heavy atom. The van der Waals surface area contributed by atoms with Gasteiger partial charge in [0.05, 0.1) is 6.61 Å². The minimum atomic E-state index is -2.57. The Hall–Kier alpha value is -1.66. The van der Waals surface area contributed by atoms with Gasteiger partial charge in [-0.2, -0.15) is 9.97 Å². The van der Waals surface area contributed by atoms with Gasteiger partial charge in [0, 0.05) is 0 Å². The molecular formula is C9H13F2N3O2. The van der Waals surface area contributed by atoms with Gasteiger partial charge < -0.3 is 15.2 Å². The fourth-order valence-electron chi connectivity index (χ4n) is 0.935. The summed E-state index contributed by atoms with van der Waals surface area (Å²) in [6, 6.07) is 0. The maximum absolute atomic E-state index is 11.9. The van der Waals surface area contributed by atoms with E-state index in [1.165, 1.54) is 0 Å². The number of hydrogen-bond acceptors (Lipinski definition) is 5. The van der Waals surface area contributed by atoms with Crippen LogP contribution in [0.1, 0.15) is 13.3 Å². The van der Waals surface area contributed by atoms with Gasteiger partial charge in [-0.3, -0.25) is 0 Å². The zero-order valence-corrected chi connectivity index (χ0v) is 8.82. The molecule has 0 saturated carbocycles. The molecule has 0 unspecified atom stereocenters. The smallest absolute Gasteiger partial charge is 0.272 e. The molecule has 0 atom stereocenters. The van der Waals surface area contributed by atoms with E-state index in [0.29, 0.717) is 6.61 Å². The normalized spacial score (nSPS) is 10.5. The van der Waals surface area contributed by atoms with Gasteiger partial charge in [-0.15, -0.1) is 0 Å². The second-order valence-corrected chi connectivity index (χ2v) is 2.95. The zero-order chi connectivity index (χ0) is 12.0. The van der Waals surface area contributed by atoms with Crippen molar-refractivity contribution >= 4 is 5.69 Å². The van der Waals surface area contributed by atoms with E-state index in [1.54, 1.807) is 0 Å². The molecule has 0 bridgehead atoms. The minimum absolute atomic E-state index is 0.0385. The van der Waals surface area contributed by atoms with E-state index in [1.807, 2.05) is 6.92 Å². The number of alkyl halides is 2. The van der Waals surface area contributed by atoms with Gasteiger partial charge in [0.15, 0.2) is 12.3 Å². The second-order valence-electron chi connectivity index (χ2n) is 2.95. The summed E-state index contributed by atoms with van der Waals surface area (Å²) in [4.78, 5) is 7.43. The molecule has 0 saturated heterocycles. The first-order chi connectivity index (χ1) is 7.65. The summed E-state index contributed by atoms with van der Waals surface area (Å²) in [5.41, 5.74) is 5.63. The molecular weight excluding hydrogens is 220 g/mol. The summed E-state index contributed by atoms with van der Waals surface area (Å²) in [6.45, 7) is 1.61. The molecule has 0 aliphatic rings. The van der Waals surface area contributed by atoms with E-state index in [2.05, 4.69) is 9.97 Å². The van der Waals surface area contributed by atoms with Crippen molar-refractivity contribution in [1.29, 1.82) is 0 Å². The fraction of sp³-hybridized carbons (Fsp3) is 0.556. The highest BCUT2D eigenvalue weighted by molar-refractivity contribution is 5.55. The summed E-state index contributed by atoms with van der Waals surface area (Å²) < 4.78 is 33.7. The molecule has 0 amide bonds. The van der Waals surface area contributed by atoms with Crippen molar-refractivity contribution in [3.05, 3.63) is 6.33 Å². The number of nitrogen functional groups attached to an aromatic ring is 1. The number of rotatable bonds is 6. The van der Waals surface area contributed by atoms with Crippen LogP contribution < -0.4 is 15.2 Å². The molecule has 1 heterocycles. The third kappa shape index (κ3) is 3.48. The van der Waals surface area contributed by atoms with Crippen molar-refractivity contribution in [3.8, 4) is 11.8 Å². The molecule has 0 fully saturated rings. The van der Waals surface area contributed by atoms with E-state index in [-0.39, 0.29) is 17.4 Å². The van der Waals surface area contributed by atoms with E-state index < -0.39 is 13.0 Å². The number of ether oxygens (including phenoxy) is 2. The van der Waals surface area contributed by atoms with E-state index in [4.69, 9.17) is 15.2 Å². The van der Waals surface area contributed by atoms with Gasteiger partial charge in [0.2, 0.25) is 11.8 Å². The predicted molar refractivity (Wildman–Crippen MR) is 53.7 cm³/mol. The summed E-state index contributed by atoms with van der Waals surface area (Å²) in [6.07, 6.45) is -0.631. The Morgan fingerprint density at radius 2 is 1.94 bits per heavy atom. The van der Waals surface area contributed by atoms with E-state index in [9.17, 15) is 8.78 Å². The third-order valence-electron chi connectivity index (χ3n) is 1.60. The maximum Gasteiger partial charge on any atom is 0.272 e. The average molecular weight is 233 g/mol. The highest BCUT2D eigenvalue weighted by atomic mass is 19.3. The quantitative estimate of drug-likeness (QED) is 0.806. The van der Waals surface area contributed by atoms with Crippen LogP contribution in [0.15, 0.2) is 6.33 Å². The highest BCUT2D eigenvalue weighted by Crippen LogP contribution is 2.26. The Balaban J connectivity index is 2.70. The molecule has 5 nitrogen and oxygen atoms in total. The lowest BCUT2D eigenvalue weighted by atomic mass is 10.5. The average Bonchev–Trinajstić information content (AvgIpc) is 2.26. The van der Waals surface area contributed by atoms with Crippen LogP contribution in [-0.2, 0) is 0 Å². The highest BCUT2D eigenvalue weighted by Gasteiger charge is 2.12. The molecule has 1 aromatic heterocycles. The van der Waals surface area contributed by atoms with Gasteiger partial charge in [-0.1, -0.05) is 6.92 Å². The molecule has 90 valence electrons. The lowest BCUT2D eigenvalue weighted by Gasteiger charge is -2.10. The fourth-order valence-corrected chi connectivity index (χ4v) is 0.935. The molecule has 16 heavy (non-hydrogen) atoms. The molecule has 0 aromatic carbocycles. The van der Waals surface area contributed by atoms with E-state index in [0.717, 1.165) is 12.7 Å². The van der Waals surface area contributed by atoms with Crippen LogP contribution in [0.2, 0.25) is 0 Å². The van der Waals surface area contributed by atoms with Gasteiger partial charge in [-0.05, 0) is 6.42 Å². The number of halogens is 2. The second kappa shape index (κ2) is 6.04. The summed E-state index contributed by atoms with van der Waals surface area (Å²) in [5.74, 6) is 0.0718. The molecule has 0 aliphatic heterocycles. The number of nitrogens with two attached hydrogens (primary N) is 1. The first-order valence-corrected chi connectivity index (χ1v) is 4.79. The van der Waals surface area contributed by atoms with Crippen LogP contribution in [0.3, 0.4) is 0 Å². The number of anilines is 1. The SMILES string of the molecule is CCCOc1ncnc(OCC(F)F)c1N. The lowest BCUT2D eigenvalue weighted by Crippen LogP contribution is -2.11. The van der Waals surface area contributed by atoms with Crippen molar-refractivity contribution in [2.24, 2.45) is 0 Å². The molecule has 0 spiro atoms. The van der Waals surface area contributed by atoms with Gasteiger partial charge in [-0.25, -0.2) is 8.78 Å². The number of hydrogen-bond donors (Lipinski definition) is 1. The minimum Gasteiger partial charge on any atom is -0.476 e. The summed E-state index contributed by atoms with van der Waals surface area (Å²) in [5, 5.41) is 0. The van der Waals surface area contributed by atoms with E-state index >= 15 is 0 Å². The van der Waals surface area contributed by atoms with Gasteiger partial charge in [0.1, 0.15) is 6.33 Å². The van der Waals surface area contributed by atoms with Crippen LogP contribution in [0.5, 0.6) is 11.8 Å². The Labute approximate surface area is 91.6 Å². The molecule has 1 rings (SSSR count). The van der Waals surface area contributed by atoms with Crippen molar-refractivity contribution in [3.63, 3.8) is 0 Å². The summed E-state index contributed by atoms with van der Waals surface area (Å²) >= 11 is 0. The lowest BCUT2D eigenvalue weighted by molar-refractivity contribution is 0.0797. The van der Waals surface area contributed by atoms with Crippen molar-refractivity contribution in [2.75, 3.05) is 18.9 Å². The molecule has 2 N–H and O–H groups in total. The molecule has 0 radical (unpaired) electrons. The Morgan fingerprint density at radius 1 is 1.31 bits per heavy atom. The number of nitrogens with zero attached hydrogens (tertiary/aromatic N) is 2. The molecule has 1 aromatic rings. The summed E-state index contributed by atoms with van der Waals surface area (Å²) in [7, 11) is 0. The Kier molecular flexibility index (Phi) is 4.68. The van der Waals surface area contributed by atoms with Crippen LogP contribution >= 0.6 is 0 Å². The first kappa shape index (κ1) is 12.4. The van der Waals surface area contributed by atoms with Crippen molar-refractivity contribution in [1.82, 2.24) is 9.97 Å². The predicted octanol–water partition coefficient (Wildman–Crippen LogP) is 1.49. The Bertz CT molecular complexity index is 337. The molecule has 7 heteroatoms. The first-order valence-electron chi connectivity index (χ1n) is 4.79. The standard InChI is InChI=1S/C9H13F2N3O2/c1-2-3-15-8-7(12)9(14-5-13-8)16-4-6(10)11/h5-6H,2-4,12H2,1H3. The topological polar surface area (TPSA) is 70.3 Å². The van der Waals surface area contributed by atoms with Crippen LogP contribution in [0, 0.1) is 0 Å². The number of aromatic nitrogens is 2. The molecule has 0 aliphatic carbocycles. The van der Waals surface area contributed by atoms with Crippen LogP contribution in [0.4, 0.5) is 14.5 Å². The zero-order valence-electron chi connectivity index (χ0n) is 8.82. The largest absolute Gasteiger partial charge is 0.476 e. The van der Waals surface area contributed by atoms with Gasteiger partial charge in [0.25, 0.3) is 6.43 Å². The van der Waals surface area contributed by atoms with Crippen molar-refractivity contribution < 1.29 is 18.3 Å². The van der Waals surface area contributed by atoms with Crippen LogP contribution in [0.25, 0.3) is 0 Å². The third-order valence-corrected chi connectivity index (χ3v) is 1.60. The maximum atomic E-state index is 11.9.